The minimum atomic E-state index is -4.45. The zero-order valence-electron chi connectivity index (χ0n) is 9.70. The lowest BCUT2D eigenvalue weighted by Gasteiger charge is -2.24. The molecule has 100 valence electrons. The van der Waals surface area contributed by atoms with Gasteiger partial charge in [0.2, 0.25) is 0 Å². The van der Waals surface area contributed by atoms with Crippen LogP contribution in [0.4, 0.5) is 24.5 Å². The van der Waals surface area contributed by atoms with E-state index in [9.17, 15) is 13.2 Å². The van der Waals surface area contributed by atoms with Gasteiger partial charge in [-0.15, -0.1) is 0 Å². The smallest absolute Gasteiger partial charge is 0.396 e. The van der Waals surface area contributed by atoms with Crippen molar-refractivity contribution >= 4 is 11.4 Å². The van der Waals surface area contributed by atoms with Gasteiger partial charge in [0.15, 0.2) is 0 Å². The number of hydrogen-bond donors (Lipinski definition) is 1. The first-order valence-corrected chi connectivity index (χ1v) is 5.64. The van der Waals surface area contributed by atoms with Crippen molar-refractivity contribution in [3.05, 3.63) is 18.0 Å². The maximum Gasteiger partial charge on any atom is 0.433 e. The molecule has 2 rings (SSSR count). The number of anilines is 2. The Morgan fingerprint density at radius 3 is 2.78 bits per heavy atom. The van der Waals surface area contributed by atoms with Gasteiger partial charge in [-0.05, 0) is 12.5 Å². The first-order valence-electron chi connectivity index (χ1n) is 5.64. The van der Waals surface area contributed by atoms with E-state index >= 15 is 0 Å². The summed E-state index contributed by atoms with van der Waals surface area (Å²) < 4.78 is 43.1. The van der Waals surface area contributed by atoms with E-state index in [4.69, 9.17) is 10.5 Å². The number of nitrogens with zero attached hydrogens (tertiary/aromatic N) is 2. The first-order chi connectivity index (χ1) is 8.48. The molecular formula is C11H14F3N3O. The molecule has 0 radical (unpaired) electrons. The van der Waals surface area contributed by atoms with Gasteiger partial charge in [-0.2, -0.15) is 13.2 Å². The summed E-state index contributed by atoms with van der Waals surface area (Å²) in [5.41, 5.74) is 5.41. The van der Waals surface area contributed by atoms with E-state index in [1.54, 1.807) is 4.90 Å². The normalized spacial score (nSPS) is 17.6. The lowest BCUT2D eigenvalue weighted by Crippen LogP contribution is -2.27. The third kappa shape index (κ3) is 2.84. The number of alkyl halides is 3. The number of pyridine rings is 1. The Morgan fingerprint density at radius 1 is 1.28 bits per heavy atom. The van der Waals surface area contributed by atoms with Crippen LogP contribution < -0.4 is 10.6 Å². The zero-order chi connectivity index (χ0) is 13.2. The summed E-state index contributed by atoms with van der Waals surface area (Å²) in [6.07, 6.45) is -2.63. The second-order valence-corrected chi connectivity index (χ2v) is 4.08. The fourth-order valence-corrected chi connectivity index (χ4v) is 1.87. The van der Waals surface area contributed by atoms with Crippen molar-refractivity contribution in [1.29, 1.82) is 0 Å². The largest absolute Gasteiger partial charge is 0.433 e. The molecule has 18 heavy (non-hydrogen) atoms. The Labute approximate surface area is 103 Å². The van der Waals surface area contributed by atoms with Crippen LogP contribution in [0.1, 0.15) is 12.1 Å². The molecule has 0 atom stereocenters. The van der Waals surface area contributed by atoms with Crippen molar-refractivity contribution in [2.24, 2.45) is 0 Å². The highest BCUT2D eigenvalue weighted by Gasteiger charge is 2.33. The van der Waals surface area contributed by atoms with Gasteiger partial charge in [0, 0.05) is 19.7 Å². The summed E-state index contributed by atoms with van der Waals surface area (Å²) in [6.45, 7) is 2.27. The Balaban J connectivity index is 2.30. The monoisotopic (exact) mass is 261 g/mol. The zero-order valence-corrected chi connectivity index (χ0v) is 9.70. The summed E-state index contributed by atoms with van der Waals surface area (Å²) in [4.78, 5) is 5.13. The molecular weight excluding hydrogens is 247 g/mol. The minimum Gasteiger partial charge on any atom is -0.396 e. The van der Waals surface area contributed by atoms with E-state index in [0.717, 1.165) is 18.7 Å². The third-order valence-electron chi connectivity index (χ3n) is 2.77. The third-order valence-corrected chi connectivity index (χ3v) is 2.77. The molecule has 1 saturated heterocycles. The van der Waals surface area contributed by atoms with E-state index in [1.807, 2.05) is 0 Å². The average Bonchev–Trinajstić information content (AvgIpc) is 2.56. The van der Waals surface area contributed by atoms with Crippen LogP contribution in [-0.2, 0) is 10.9 Å². The predicted molar refractivity (Wildman–Crippen MR) is 61.3 cm³/mol. The number of hydrogen-bond acceptors (Lipinski definition) is 4. The highest BCUT2D eigenvalue weighted by atomic mass is 19.4. The molecule has 2 heterocycles. The Bertz CT molecular complexity index is 414. The summed E-state index contributed by atoms with van der Waals surface area (Å²) in [5, 5.41) is 0. The Kier molecular flexibility index (Phi) is 3.60. The fraction of sp³-hybridized carbons (Fsp3) is 0.545. The Hall–Kier alpha value is -1.50. The number of nitrogen functional groups attached to an aromatic ring is 1. The highest BCUT2D eigenvalue weighted by Crippen LogP contribution is 2.32. The van der Waals surface area contributed by atoms with E-state index < -0.39 is 11.9 Å². The van der Waals surface area contributed by atoms with E-state index in [-0.39, 0.29) is 5.69 Å². The second kappa shape index (κ2) is 5.01. The molecule has 0 aliphatic carbocycles. The molecule has 0 aromatic carbocycles. The van der Waals surface area contributed by atoms with Gasteiger partial charge in [-0.25, -0.2) is 4.98 Å². The van der Waals surface area contributed by atoms with Crippen LogP contribution >= 0.6 is 0 Å². The van der Waals surface area contributed by atoms with Gasteiger partial charge in [0.1, 0.15) is 5.69 Å². The summed E-state index contributed by atoms with van der Waals surface area (Å²) in [6, 6.07) is 1.00. The van der Waals surface area contributed by atoms with Crippen molar-refractivity contribution in [3.8, 4) is 0 Å². The summed E-state index contributed by atoms with van der Waals surface area (Å²) in [7, 11) is 0. The molecule has 1 aromatic heterocycles. The van der Waals surface area contributed by atoms with Crippen LogP contribution in [-0.4, -0.2) is 31.3 Å². The molecule has 1 aliphatic rings. The van der Waals surface area contributed by atoms with Crippen LogP contribution in [0.25, 0.3) is 0 Å². The standard InChI is InChI=1S/C11H14F3N3O/c12-11(13,14)10-6-9(8(15)7-16-10)17-2-1-4-18-5-3-17/h6-7H,1-5,15H2. The molecule has 0 bridgehead atoms. The molecule has 1 fully saturated rings. The van der Waals surface area contributed by atoms with E-state index in [2.05, 4.69) is 4.98 Å². The maximum absolute atomic E-state index is 12.6. The van der Waals surface area contributed by atoms with Gasteiger partial charge in [0.25, 0.3) is 0 Å². The summed E-state index contributed by atoms with van der Waals surface area (Å²) in [5.74, 6) is 0. The topological polar surface area (TPSA) is 51.4 Å². The molecule has 1 aromatic rings. The number of rotatable bonds is 1. The van der Waals surface area contributed by atoms with Crippen molar-refractivity contribution in [1.82, 2.24) is 4.98 Å². The SMILES string of the molecule is Nc1cnc(C(F)(F)F)cc1N1CCCOCC1. The fourth-order valence-electron chi connectivity index (χ4n) is 1.87. The number of halogens is 3. The second-order valence-electron chi connectivity index (χ2n) is 4.08. The number of aromatic nitrogens is 1. The van der Waals surface area contributed by atoms with Gasteiger partial charge >= 0.3 is 6.18 Å². The van der Waals surface area contributed by atoms with Gasteiger partial charge < -0.3 is 15.4 Å². The molecule has 0 unspecified atom stereocenters. The average molecular weight is 261 g/mol. The molecule has 7 heteroatoms. The molecule has 0 amide bonds. The lowest BCUT2D eigenvalue weighted by molar-refractivity contribution is -0.141. The van der Waals surface area contributed by atoms with E-state index in [1.165, 1.54) is 0 Å². The van der Waals surface area contributed by atoms with Crippen LogP contribution in [0.5, 0.6) is 0 Å². The molecule has 2 N–H and O–H groups in total. The van der Waals surface area contributed by atoms with Crippen molar-refractivity contribution in [2.75, 3.05) is 36.9 Å². The molecule has 4 nitrogen and oxygen atoms in total. The quantitative estimate of drug-likeness (QED) is 0.839. The van der Waals surface area contributed by atoms with Crippen LogP contribution in [0.15, 0.2) is 12.3 Å². The van der Waals surface area contributed by atoms with Gasteiger partial charge in [-0.1, -0.05) is 0 Å². The Morgan fingerprint density at radius 2 is 2.06 bits per heavy atom. The van der Waals surface area contributed by atoms with Crippen molar-refractivity contribution < 1.29 is 17.9 Å². The first kappa shape index (κ1) is 12.9. The molecule has 1 aliphatic heterocycles. The summed E-state index contributed by atoms with van der Waals surface area (Å²) >= 11 is 0. The van der Waals surface area contributed by atoms with Crippen molar-refractivity contribution in [2.45, 2.75) is 12.6 Å². The van der Waals surface area contributed by atoms with Crippen LogP contribution in [0.2, 0.25) is 0 Å². The highest BCUT2D eigenvalue weighted by molar-refractivity contribution is 5.67. The van der Waals surface area contributed by atoms with Crippen LogP contribution in [0.3, 0.4) is 0 Å². The number of nitrogens with two attached hydrogens (primary N) is 1. The van der Waals surface area contributed by atoms with Crippen LogP contribution in [0, 0.1) is 0 Å². The minimum absolute atomic E-state index is 0.255. The van der Waals surface area contributed by atoms with Gasteiger partial charge in [0.05, 0.1) is 24.2 Å². The molecule has 0 saturated carbocycles. The molecule has 0 spiro atoms. The van der Waals surface area contributed by atoms with Crippen molar-refractivity contribution in [3.63, 3.8) is 0 Å². The lowest BCUT2D eigenvalue weighted by atomic mass is 10.2. The maximum atomic E-state index is 12.6. The predicted octanol–water partition coefficient (Wildman–Crippen LogP) is 1.91. The number of ether oxygens (including phenoxy) is 1. The van der Waals surface area contributed by atoms with E-state index in [0.29, 0.717) is 32.0 Å². The van der Waals surface area contributed by atoms with Gasteiger partial charge in [-0.3, -0.25) is 0 Å².